The monoisotopic (exact) mass is 439 g/mol. The summed E-state index contributed by atoms with van der Waals surface area (Å²) < 4.78 is 5.10. The molecule has 2 aromatic rings. The molecule has 1 aromatic heterocycles. The summed E-state index contributed by atoms with van der Waals surface area (Å²) in [5, 5.41) is 0.676. The summed E-state index contributed by atoms with van der Waals surface area (Å²) in [7, 11) is 0. The largest absolute Gasteiger partial charge is 0.466 e. The Hall–Kier alpha value is -2.87. The van der Waals surface area contributed by atoms with Gasteiger partial charge in [0.2, 0.25) is 5.91 Å². The molecule has 1 aromatic carbocycles. The lowest BCUT2D eigenvalue weighted by Gasteiger charge is -2.31. The van der Waals surface area contributed by atoms with Gasteiger partial charge in [0, 0.05) is 37.1 Å². The van der Waals surface area contributed by atoms with Gasteiger partial charge in [0.15, 0.2) is 0 Å². The molecular weight excluding hydrogens is 414 g/mol. The van der Waals surface area contributed by atoms with Gasteiger partial charge in [-0.3, -0.25) is 14.4 Å². The molecule has 4 rings (SSSR count). The maximum atomic E-state index is 13.3. The fourth-order valence-electron chi connectivity index (χ4n) is 3.97. The predicted molar refractivity (Wildman–Crippen MR) is 117 cm³/mol. The van der Waals surface area contributed by atoms with Crippen molar-refractivity contribution >= 4 is 35.2 Å². The number of hydrogen-bond donors (Lipinski definition) is 0. The third kappa shape index (κ3) is 4.58. The molecule has 0 unspecified atom stereocenters. The number of fused-ring (bicyclic) bond motifs is 2. The van der Waals surface area contributed by atoms with E-state index in [1.165, 1.54) is 11.8 Å². The van der Waals surface area contributed by atoms with E-state index in [-0.39, 0.29) is 30.1 Å². The van der Waals surface area contributed by atoms with Crippen LogP contribution in [-0.2, 0) is 14.3 Å². The molecule has 0 spiro atoms. The first-order valence-electron chi connectivity index (χ1n) is 10.6. The van der Waals surface area contributed by atoms with E-state index in [9.17, 15) is 14.4 Å². The quantitative estimate of drug-likeness (QED) is 0.665. The third-order valence-corrected chi connectivity index (χ3v) is 6.71. The number of carbonyl (C=O) groups is 3. The number of anilines is 1. The van der Waals surface area contributed by atoms with E-state index < -0.39 is 0 Å². The van der Waals surface area contributed by atoms with Gasteiger partial charge in [-0.25, -0.2) is 4.98 Å². The molecule has 0 saturated carbocycles. The first-order valence-corrected chi connectivity index (χ1v) is 11.4. The van der Waals surface area contributed by atoms with E-state index >= 15 is 0 Å². The Morgan fingerprint density at radius 2 is 1.94 bits per heavy atom. The van der Waals surface area contributed by atoms with Crippen molar-refractivity contribution in [3.05, 3.63) is 48.2 Å². The van der Waals surface area contributed by atoms with Gasteiger partial charge >= 0.3 is 5.97 Å². The number of hydrogen-bond acceptors (Lipinski definition) is 6. The molecular formula is C23H25N3O4S. The summed E-state index contributed by atoms with van der Waals surface area (Å²) in [6.07, 6.45) is 3.14. The Morgan fingerprint density at radius 3 is 2.71 bits per heavy atom. The minimum absolute atomic E-state index is 0.00380. The van der Waals surface area contributed by atoms with Gasteiger partial charge in [0.1, 0.15) is 5.03 Å². The number of aromatic nitrogens is 1. The minimum atomic E-state index is -0.175. The fourth-order valence-corrected chi connectivity index (χ4v) is 4.99. The highest BCUT2D eigenvalue weighted by Gasteiger charge is 2.31. The Balaban J connectivity index is 1.44. The number of carbonyl (C=O) groups excluding carboxylic acids is 3. The van der Waals surface area contributed by atoms with Crippen LogP contribution in [0.2, 0.25) is 0 Å². The second-order valence-corrected chi connectivity index (χ2v) is 8.57. The van der Waals surface area contributed by atoms with E-state index in [0.29, 0.717) is 49.7 Å². The Kier molecular flexibility index (Phi) is 6.56. The van der Waals surface area contributed by atoms with Crippen LogP contribution in [0.4, 0.5) is 5.69 Å². The first kappa shape index (κ1) is 21.4. The number of nitrogens with zero attached hydrogens (tertiary/aromatic N) is 3. The average Bonchev–Trinajstić information content (AvgIpc) is 2.92. The smallest absolute Gasteiger partial charge is 0.309 e. The summed E-state index contributed by atoms with van der Waals surface area (Å²) in [5.74, 6) is -0.458. The lowest BCUT2D eigenvalue weighted by atomic mass is 9.97. The first-order chi connectivity index (χ1) is 15.1. The van der Waals surface area contributed by atoms with Crippen LogP contribution in [0, 0.1) is 5.92 Å². The molecule has 2 aliphatic rings. The summed E-state index contributed by atoms with van der Waals surface area (Å²) in [6.45, 7) is 3.54. The van der Waals surface area contributed by atoms with Gasteiger partial charge in [0.05, 0.1) is 23.8 Å². The molecule has 2 aliphatic heterocycles. The summed E-state index contributed by atoms with van der Waals surface area (Å²) in [5.41, 5.74) is 1.34. The Morgan fingerprint density at radius 1 is 1.16 bits per heavy atom. The van der Waals surface area contributed by atoms with Crippen LogP contribution in [0.3, 0.4) is 0 Å². The van der Waals surface area contributed by atoms with Crippen molar-refractivity contribution in [3.8, 4) is 0 Å². The van der Waals surface area contributed by atoms with Gasteiger partial charge < -0.3 is 14.5 Å². The molecule has 2 amide bonds. The molecule has 0 atom stereocenters. The number of benzene rings is 1. The minimum Gasteiger partial charge on any atom is -0.466 e. The SMILES string of the molecule is CCOC(=O)C1CCN(C(=O)CCN2C(=O)c3cccnc3Sc3ccccc32)CC1. The zero-order valence-electron chi connectivity index (χ0n) is 17.5. The predicted octanol–water partition coefficient (Wildman–Crippen LogP) is 3.38. The molecule has 3 heterocycles. The number of pyridine rings is 1. The lowest BCUT2D eigenvalue weighted by molar-refractivity contribution is -0.151. The maximum Gasteiger partial charge on any atom is 0.309 e. The molecule has 162 valence electrons. The Labute approximate surface area is 185 Å². The number of likely N-dealkylation sites (tertiary alicyclic amines) is 1. The number of amides is 2. The molecule has 0 radical (unpaired) electrons. The topological polar surface area (TPSA) is 79.8 Å². The van der Waals surface area contributed by atoms with Crippen molar-refractivity contribution in [2.45, 2.75) is 36.1 Å². The Bertz CT molecular complexity index is 988. The van der Waals surface area contributed by atoms with Crippen LogP contribution in [0.25, 0.3) is 0 Å². The summed E-state index contributed by atoms with van der Waals surface area (Å²) >= 11 is 1.47. The molecule has 0 N–H and O–H groups in total. The van der Waals surface area contributed by atoms with Crippen LogP contribution in [0.1, 0.15) is 36.5 Å². The van der Waals surface area contributed by atoms with Gasteiger partial charge in [-0.15, -0.1) is 0 Å². The summed E-state index contributed by atoms with van der Waals surface area (Å²) in [6, 6.07) is 11.2. The van der Waals surface area contributed by atoms with Crippen LogP contribution < -0.4 is 4.90 Å². The van der Waals surface area contributed by atoms with Crippen molar-refractivity contribution in [2.75, 3.05) is 31.1 Å². The molecule has 1 fully saturated rings. The molecule has 8 heteroatoms. The van der Waals surface area contributed by atoms with Crippen LogP contribution >= 0.6 is 11.8 Å². The van der Waals surface area contributed by atoms with E-state index in [0.717, 1.165) is 10.6 Å². The molecule has 7 nitrogen and oxygen atoms in total. The number of esters is 1. The van der Waals surface area contributed by atoms with E-state index in [1.807, 2.05) is 24.3 Å². The molecule has 0 bridgehead atoms. The lowest BCUT2D eigenvalue weighted by Crippen LogP contribution is -2.42. The maximum absolute atomic E-state index is 13.3. The van der Waals surface area contributed by atoms with Gasteiger partial charge in [0.25, 0.3) is 5.91 Å². The van der Waals surface area contributed by atoms with E-state index in [1.54, 1.807) is 35.1 Å². The van der Waals surface area contributed by atoms with Gasteiger partial charge in [-0.1, -0.05) is 23.9 Å². The highest BCUT2D eigenvalue weighted by atomic mass is 32.2. The number of piperidine rings is 1. The summed E-state index contributed by atoms with van der Waals surface area (Å²) in [4.78, 5) is 46.8. The van der Waals surface area contributed by atoms with Gasteiger partial charge in [-0.2, -0.15) is 0 Å². The van der Waals surface area contributed by atoms with Crippen molar-refractivity contribution < 1.29 is 19.1 Å². The standard InChI is InChI=1S/C23H25N3O4S/c1-2-30-23(29)16-9-13-25(14-10-16)20(27)11-15-26-18-7-3-4-8-19(18)31-21-17(22(26)28)6-5-12-24-21/h3-8,12,16H,2,9-11,13-15H2,1H3. The zero-order valence-corrected chi connectivity index (χ0v) is 18.3. The van der Waals surface area contributed by atoms with Crippen LogP contribution in [0.15, 0.2) is 52.5 Å². The third-order valence-electron chi connectivity index (χ3n) is 5.63. The van der Waals surface area contributed by atoms with E-state index in [4.69, 9.17) is 4.74 Å². The number of para-hydroxylation sites is 1. The molecule has 31 heavy (non-hydrogen) atoms. The second-order valence-electron chi connectivity index (χ2n) is 7.54. The average molecular weight is 440 g/mol. The number of ether oxygens (including phenoxy) is 1. The molecule has 0 aliphatic carbocycles. The number of rotatable bonds is 5. The van der Waals surface area contributed by atoms with Crippen molar-refractivity contribution in [1.82, 2.24) is 9.88 Å². The highest BCUT2D eigenvalue weighted by Crippen LogP contribution is 2.40. The highest BCUT2D eigenvalue weighted by molar-refractivity contribution is 7.99. The second kappa shape index (κ2) is 9.51. The van der Waals surface area contributed by atoms with E-state index in [2.05, 4.69) is 4.98 Å². The van der Waals surface area contributed by atoms with Crippen molar-refractivity contribution in [2.24, 2.45) is 5.92 Å². The van der Waals surface area contributed by atoms with Crippen LogP contribution in [-0.4, -0.2) is 53.9 Å². The van der Waals surface area contributed by atoms with Crippen LogP contribution in [0.5, 0.6) is 0 Å². The fraction of sp³-hybridized carbons (Fsp3) is 0.391. The molecule has 1 saturated heterocycles. The van der Waals surface area contributed by atoms with Crippen molar-refractivity contribution in [3.63, 3.8) is 0 Å². The van der Waals surface area contributed by atoms with Gasteiger partial charge in [-0.05, 0) is 44.0 Å². The van der Waals surface area contributed by atoms with Crippen molar-refractivity contribution in [1.29, 1.82) is 0 Å². The normalized spacial score (nSPS) is 16.4. The zero-order chi connectivity index (χ0) is 21.8.